The van der Waals surface area contributed by atoms with Gasteiger partial charge < -0.3 is 5.32 Å². The van der Waals surface area contributed by atoms with Gasteiger partial charge in [0.2, 0.25) is 0 Å². The van der Waals surface area contributed by atoms with Crippen LogP contribution in [0.25, 0.3) is 0 Å². The maximum atomic E-state index is 12.4. The number of alkyl halides is 3. The summed E-state index contributed by atoms with van der Waals surface area (Å²) in [6.07, 6.45) is -0.158. The Morgan fingerprint density at radius 2 is 1.78 bits per heavy atom. The van der Waals surface area contributed by atoms with Crippen molar-refractivity contribution in [1.29, 1.82) is 0 Å². The van der Waals surface area contributed by atoms with E-state index in [2.05, 4.69) is 5.32 Å². The lowest BCUT2D eigenvalue weighted by Crippen LogP contribution is -2.67. The van der Waals surface area contributed by atoms with Crippen LogP contribution in [-0.4, -0.2) is 41.8 Å². The van der Waals surface area contributed by atoms with E-state index >= 15 is 0 Å². The van der Waals surface area contributed by atoms with E-state index in [-0.39, 0.29) is 17.6 Å². The molecule has 1 aliphatic carbocycles. The first kappa shape index (κ1) is 14.1. The number of nitrogens with zero attached hydrogens (tertiary/aromatic N) is 1. The third-order valence-corrected chi connectivity index (χ3v) is 4.47. The van der Waals surface area contributed by atoms with Gasteiger partial charge in [-0.2, -0.15) is 13.2 Å². The van der Waals surface area contributed by atoms with Crippen molar-refractivity contribution in [2.75, 3.05) is 19.6 Å². The summed E-state index contributed by atoms with van der Waals surface area (Å²) < 4.78 is 37.2. The Bertz CT molecular complexity index is 293. The highest BCUT2D eigenvalue weighted by Gasteiger charge is 2.44. The van der Waals surface area contributed by atoms with Gasteiger partial charge in [0.05, 0.1) is 6.42 Å². The molecule has 1 saturated carbocycles. The van der Waals surface area contributed by atoms with Crippen LogP contribution in [0.5, 0.6) is 0 Å². The maximum Gasteiger partial charge on any atom is 0.390 e. The first-order chi connectivity index (χ1) is 8.23. The van der Waals surface area contributed by atoms with Crippen LogP contribution in [0.3, 0.4) is 0 Å². The molecule has 0 aromatic heterocycles. The zero-order chi connectivity index (χ0) is 13.4. The van der Waals surface area contributed by atoms with Crippen molar-refractivity contribution in [3.63, 3.8) is 0 Å². The molecule has 2 aliphatic rings. The minimum Gasteiger partial charge on any atom is -0.308 e. The number of halogens is 3. The molecular formula is C13H23F3N2. The van der Waals surface area contributed by atoms with Gasteiger partial charge >= 0.3 is 6.18 Å². The fourth-order valence-corrected chi connectivity index (χ4v) is 3.18. The van der Waals surface area contributed by atoms with Gasteiger partial charge in [-0.05, 0) is 26.7 Å². The summed E-state index contributed by atoms with van der Waals surface area (Å²) >= 11 is 0. The van der Waals surface area contributed by atoms with Crippen molar-refractivity contribution >= 4 is 0 Å². The minimum atomic E-state index is -4.05. The van der Waals surface area contributed by atoms with E-state index in [0.717, 1.165) is 25.9 Å². The van der Waals surface area contributed by atoms with Crippen LogP contribution in [0.2, 0.25) is 0 Å². The largest absolute Gasteiger partial charge is 0.390 e. The number of hydrogen-bond acceptors (Lipinski definition) is 2. The Balaban J connectivity index is 2.00. The van der Waals surface area contributed by atoms with Gasteiger partial charge in [-0.25, -0.2) is 0 Å². The molecule has 0 aromatic rings. The molecule has 0 unspecified atom stereocenters. The lowest BCUT2D eigenvalue weighted by molar-refractivity contribution is -0.143. The van der Waals surface area contributed by atoms with Gasteiger partial charge in [0.1, 0.15) is 0 Å². The number of nitrogens with one attached hydrogen (secondary N) is 1. The summed E-state index contributed by atoms with van der Waals surface area (Å²) in [5.41, 5.74) is -0.0970. The minimum absolute atomic E-state index is 0.0844. The molecule has 1 heterocycles. The Kier molecular flexibility index (Phi) is 3.67. The summed E-state index contributed by atoms with van der Waals surface area (Å²) in [6, 6.07) is 0. The molecule has 1 N–H and O–H groups in total. The number of hydrogen-bond donors (Lipinski definition) is 1. The van der Waals surface area contributed by atoms with Crippen molar-refractivity contribution in [2.45, 2.75) is 63.2 Å². The summed E-state index contributed by atoms with van der Waals surface area (Å²) in [7, 11) is 0. The fourth-order valence-electron chi connectivity index (χ4n) is 3.18. The molecule has 2 fully saturated rings. The summed E-state index contributed by atoms with van der Waals surface area (Å²) in [5, 5.41) is 3.59. The molecule has 0 bridgehead atoms. The first-order valence-corrected chi connectivity index (χ1v) is 6.79. The quantitative estimate of drug-likeness (QED) is 0.825. The molecule has 2 rings (SSSR count). The Morgan fingerprint density at radius 3 is 2.33 bits per heavy atom. The van der Waals surface area contributed by atoms with Crippen molar-refractivity contribution in [3.05, 3.63) is 0 Å². The van der Waals surface area contributed by atoms with Gasteiger partial charge in [0, 0.05) is 30.7 Å². The highest BCUT2D eigenvalue weighted by molar-refractivity contribution is 5.04. The van der Waals surface area contributed by atoms with E-state index in [1.165, 1.54) is 12.8 Å². The van der Waals surface area contributed by atoms with E-state index in [4.69, 9.17) is 0 Å². The third-order valence-electron chi connectivity index (χ3n) is 4.47. The highest BCUT2D eigenvalue weighted by atomic mass is 19.4. The summed E-state index contributed by atoms with van der Waals surface area (Å²) in [6.45, 7) is 5.72. The molecule has 0 aromatic carbocycles. The van der Waals surface area contributed by atoms with Crippen LogP contribution in [0.15, 0.2) is 0 Å². The molecule has 1 spiro atoms. The normalized spacial score (nSPS) is 27.8. The molecule has 0 radical (unpaired) electrons. The number of piperazine rings is 1. The van der Waals surface area contributed by atoms with Crippen LogP contribution in [-0.2, 0) is 0 Å². The van der Waals surface area contributed by atoms with Crippen LogP contribution < -0.4 is 5.32 Å². The van der Waals surface area contributed by atoms with E-state index in [1.54, 1.807) is 0 Å². The lowest BCUT2D eigenvalue weighted by atomic mass is 9.87. The standard InChI is InChI=1S/C13H23F3N2/c1-11(2)9-17-12(5-3-4-6-12)10-18(11)8-7-13(14,15)16/h17H,3-10H2,1-2H3. The van der Waals surface area contributed by atoms with Gasteiger partial charge in [0.25, 0.3) is 0 Å². The molecule has 0 atom stereocenters. The summed E-state index contributed by atoms with van der Waals surface area (Å²) in [5.74, 6) is 0. The molecule has 0 amide bonds. The molecule has 2 nitrogen and oxygen atoms in total. The highest BCUT2D eigenvalue weighted by Crippen LogP contribution is 2.36. The van der Waals surface area contributed by atoms with Crippen LogP contribution in [0.4, 0.5) is 13.2 Å². The summed E-state index contributed by atoms with van der Waals surface area (Å²) in [4.78, 5) is 2.03. The van der Waals surface area contributed by atoms with Crippen LogP contribution >= 0.6 is 0 Å². The first-order valence-electron chi connectivity index (χ1n) is 6.79. The zero-order valence-electron chi connectivity index (χ0n) is 11.2. The second-order valence-electron chi connectivity index (χ2n) is 6.44. The second-order valence-corrected chi connectivity index (χ2v) is 6.44. The van der Waals surface area contributed by atoms with Gasteiger partial charge in [-0.15, -0.1) is 0 Å². The average molecular weight is 264 g/mol. The van der Waals surface area contributed by atoms with E-state index in [0.29, 0.717) is 0 Å². The van der Waals surface area contributed by atoms with Crippen molar-refractivity contribution in [2.24, 2.45) is 0 Å². The van der Waals surface area contributed by atoms with Gasteiger partial charge in [-0.1, -0.05) is 12.8 Å². The molecule has 106 valence electrons. The SMILES string of the molecule is CC1(C)CNC2(CCCC2)CN1CCC(F)(F)F. The molecule has 1 aliphatic heterocycles. The van der Waals surface area contributed by atoms with E-state index < -0.39 is 12.6 Å². The predicted molar refractivity (Wildman–Crippen MR) is 65.5 cm³/mol. The van der Waals surface area contributed by atoms with Crippen molar-refractivity contribution < 1.29 is 13.2 Å². The Labute approximate surface area is 107 Å². The molecule has 1 saturated heterocycles. The van der Waals surface area contributed by atoms with E-state index in [9.17, 15) is 13.2 Å². The maximum absolute atomic E-state index is 12.4. The van der Waals surface area contributed by atoms with Crippen molar-refractivity contribution in [3.8, 4) is 0 Å². The number of rotatable bonds is 2. The topological polar surface area (TPSA) is 15.3 Å². The van der Waals surface area contributed by atoms with Crippen LogP contribution in [0, 0.1) is 0 Å². The monoisotopic (exact) mass is 264 g/mol. The van der Waals surface area contributed by atoms with Crippen LogP contribution in [0.1, 0.15) is 46.0 Å². The molecule has 5 heteroatoms. The average Bonchev–Trinajstić information content (AvgIpc) is 2.68. The lowest BCUT2D eigenvalue weighted by Gasteiger charge is -2.51. The predicted octanol–water partition coefficient (Wildman–Crippen LogP) is 2.94. The smallest absolute Gasteiger partial charge is 0.308 e. The van der Waals surface area contributed by atoms with E-state index in [1.807, 2.05) is 18.7 Å². The molecular weight excluding hydrogens is 241 g/mol. The molecule has 18 heavy (non-hydrogen) atoms. The van der Waals surface area contributed by atoms with Gasteiger partial charge in [0.15, 0.2) is 0 Å². The third kappa shape index (κ3) is 3.18. The zero-order valence-corrected chi connectivity index (χ0v) is 11.2. The Morgan fingerprint density at radius 1 is 1.17 bits per heavy atom. The fraction of sp³-hybridized carbons (Fsp3) is 1.00. The van der Waals surface area contributed by atoms with Crippen molar-refractivity contribution in [1.82, 2.24) is 10.2 Å². The Hall–Kier alpha value is -0.290. The second kappa shape index (κ2) is 4.67. The van der Waals surface area contributed by atoms with Gasteiger partial charge in [-0.3, -0.25) is 4.90 Å².